The molecule has 2 heterocycles. The number of anilines is 1. The van der Waals surface area contributed by atoms with Crippen molar-refractivity contribution in [1.82, 2.24) is 19.6 Å². The maximum absolute atomic E-state index is 12.7. The summed E-state index contributed by atoms with van der Waals surface area (Å²) < 4.78 is 26.8. The predicted octanol–water partition coefficient (Wildman–Crippen LogP) is 1.14. The summed E-state index contributed by atoms with van der Waals surface area (Å²) in [6.07, 6.45) is 0.466. The highest BCUT2D eigenvalue weighted by molar-refractivity contribution is 5.47. The highest BCUT2D eigenvalue weighted by atomic mass is 19.3. The van der Waals surface area contributed by atoms with Crippen molar-refractivity contribution in [2.75, 3.05) is 24.6 Å². The topological polar surface area (TPSA) is 66.5 Å². The Hall–Kier alpha value is -1.83. The zero-order valence-electron chi connectivity index (χ0n) is 11.2. The van der Waals surface area contributed by atoms with Crippen LogP contribution in [-0.4, -0.2) is 50.8 Å². The van der Waals surface area contributed by atoms with E-state index in [1.807, 2.05) is 6.92 Å². The van der Waals surface area contributed by atoms with E-state index in [1.54, 1.807) is 6.07 Å². The van der Waals surface area contributed by atoms with Crippen LogP contribution >= 0.6 is 0 Å². The molecule has 0 amide bonds. The maximum Gasteiger partial charge on any atom is 0.255 e. The van der Waals surface area contributed by atoms with Crippen LogP contribution in [-0.2, 0) is 6.42 Å². The number of rotatable bonds is 7. The molecule has 0 spiro atoms. The van der Waals surface area contributed by atoms with E-state index in [0.29, 0.717) is 11.6 Å². The van der Waals surface area contributed by atoms with Gasteiger partial charge < -0.3 is 10.0 Å². The Balaban J connectivity index is 2.44. The van der Waals surface area contributed by atoms with E-state index in [4.69, 9.17) is 5.11 Å². The van der Waals surface area contributed by atoms with Gasteiger partial charge in [0.2, 0.25) is 0 Å². The lowest BCUT2D eigenvalue weighted by atomic mass is 10.2. The van der Waals surface area contributed by atoms with Crippen LogP contribution in [0.4, 0.5) is 14.6 Å². The SMILES string of the molecule is CCCc1cc(N(CCO)CC(F)F)n2ncnc2n1. The lowest BCUT2D eigenvalue weighted by Crippen LogP contribution is -2.33. The van der Waals surface area contributed by atoms with Crippen molar-refractivity contribution in [3.63, 3.8) is 0 Å². The third-order valence-corrected chi connectivity index (χ3v) is 2.84. The molecule has 0 saturated heterocycles. The molecule has 20 heavy (non-hydrogen) atoms. The fraction of sp³-hybridized carbons (Fsp3) is 0.583. The van der Waals surface area contributed by atoms with E-state index in [1.165, 1.54) is 15.7 Å². The second-order valence-corrected chi connectivity index (χ2v) is 4.39. The summed E-state index contributed by atoms with van der Waals surface area (Å²) in [5, 5.41) is 13.1. The van der Waals surface area contributed by atoms with Crippen LogP contribution < -0.4 is 4.90 Å². The second kappa shape index (κ2) is 6.56. The maximum atomic E-state index is 12.7. The summed E-state index contributed by atoms with van der Waals surface area (Å²) in [5.74, 6) is 0.855. The molecule has 0 aliphatic rings. The Morgan fingerprint density at radius 1 is 1.45 bits per heavy atom. The highest BCUT2D eigenvalue weighted by Gasteiger charge is 2.17. The number of aryl methyl sites for hydroxylation is 1. The lowest BCUT2D eigenvalue weighted by molar-refractivity contribution is 0.152. The fourth-order valence-corrected chi connectivity index (χ4v) is 2.04. The summed E-state index contributed by atoms with van der Waals surface area (Å²) in [4.78, 5) is 9.72. The van der Waals surface area contributed by atoms with Crippen molar-refractivity contribution in [3.05, 3.63) is 18.1 Å². The van der Waals surface area contributed by atoms with Gasteiger partial charge in [-0.05, 0) is 6.42 Å². The first-order valence-corrected chi connectivity index (χ1v) is 6.49. The molecule has 0 aliphatic carbocycles. The predicted molar refractivity (Wildman–Crippen MR) is 70.1 cm³/mol. The molecule has 110 valence electrons. The zero-order chi connectivity index (χ0) is 14.5. The number of alkyl halides is 2. The van der Waals surface area contributed by atoms with Crippen LogP contribution in [0.2, 0.25) is 0 Å². The molecule has 0 radical (unpaired) electrons. The summed E-state index contributed by atoms with van der Waals surface area (Å²) in [7, 11) is 0. The Morgan fingerprint density at radius 2 is 2.25 bits per heavy atom. The van der Waals surface area contributed by atoms with Crippen LogP contribution in [0.5, 0.6) is 0 Å². The minimum atomic E-state index is -2.50. The van der Waals surface area contributed by atoms with Gasteiger partial charge in [-0.25, -0.2) is 13.8 Å². The third kappa shape index (κ3) is 3.19. The molecule has 0 aromatic carbocycles. The average Bonchev–Trinajstić information content (AvgIpc) is 2.85. The van der Waals surface area contributed by atoms with Gasteiger partial charge in [0.05, 0.1) is 13.2 Å². The standard InChI is InChI=1S/C12H17F2N5O/c1-2-3-9-6-11(18(4-5-20)7-10(13)14)19-12(17-9)15-8-16-19/h6,8,10,20H,2-5,7H2,1H3. The summed E-state index contributed by atoms with van der Waals surface area (Å²) in [6, 6.07) is 1.73. The largest absolute Gasteiger partial charge is 0.395 e. The normalized spacial score (nSPS) is 11.4. The van der Waals surface area contributed by atoms with Gasteiger partial charge in [-0.3, -0.25) is 0 Å². The number of fused-ring (bicyclic) bond motifs is 1. The van der Waals surface area contributed by atoms with E-state index in [0.717, 1.165) is 18.5 Å². The summed E-state index contributed by atoms with van der Waals surface area (Å²) >= 11 is 0. The Morgan fingerprint density at radius 3 is 2.90 bits per heavy atom. The molecule has 0 fully saturated rings. The molecule has 6 nitrogen and oxygen atoms in total. The fourth-order valence-electron chi connectivity index (χ4n) is 2.04. The molecular weight excluding hydrogens is 268 g/mol. The molecule has 0 saturated carbocycles. The summed E-state index contributed by atoms with van der Waals surface area (Å²) in [6.45, 7) is 1.44. The third-order valence-electron chi connectivity index (χ3n) is 2.84. The first-order valence-electron chi connectivity index (χ1n) is 6.49. The van der Waals surface area contributed by atoms with Crippen molar-refractivity contribution in [2.24, 2.45) is 0 Å². The van der Waals surface area contributed by atoms with Crippen LogP contribution in [0.1, 0.15) is 19.0 Å². The van der Waals surface area contributed by atoms with Crippen LogP contribution in [0, 0.1) is 0 Å². The smallest absolute Gasteiger partial charge is 0.255 e. The number of aromatic nitrogens is 4. The van der Waals surface area contributed by atoms with Crippen LogP contribution in [0.25, 0.3) is 5.78 Å². The molecule has 1 N–H and O–H groups in total. The van der Waals surface area contributed by atoms with Crippen molar-refractivity contribution in [3.8, 4) is 0 Å². The Kier molecular flexibility index (Phi) is 4.78. The number of halogens is 2. The highest BCUT2D eigenvalue weighted by Crippen LogP contribution is 2.18. The molecule has 8 heteroatoms. The van der Waals surface area contributed by atoms with Crippen molar-refractivity contribution in [2.45, 2.75) is 26.2 Å². The van der Waals surface area contributed by atoms with Gasteiger partial charge in [0.1, 0.15) is 12.1 Å². The number of hydrogen-bond donors (Lipinski definition) is 1. The van der Waals surface area contributed by atoms with Gasteiger partial charge in [-0.1, -0.05) is 13.3 Å². The number of aliphatic hydroxyl groups is 1. The number of nitrogens with zero attached hydrogens (tertiary/aromatic N) is 5. The second-order valence-electron chi connectivity index (χ2n) is 4.39. The number of hydrogen-bond acceptors (Lipinski definition) is 5. The van der Waals surface area contributed by atoms with Gasteiger partial charge in [-0.2, -0.15) is 14.6 Å². The van der Waals surface area contributed by atoms with Crippen LogP contribution in [0.3, 0.4) is 0 Å². The van der Waals surface area contributed by atoms with Crippen LogP contribution in [0.15, 0.2) is 12.4 Å². The lowest BCUT2D eigenvalue weighted by Gasteiger charge is -2.24. The molecule has 0 atom stereocenters. The van der Waals surface area contributed by atoms with E-state index < -0.39 is 13.0 Å². The molecular formula is C12H17F2N5O. The van der Waals surface area contributed by atoms with E-state index in [9.17, 15) is 8.78 Å². The molecule has 2 aromatic heterocycles. The van der Waals surface area contributed by atoms with E-state index in [-0.39, 0.29) is 13.2 Å². The minimum absolute atomic E-state index is 0.106. The number of aliphatic hydroxyl groups excluding tert-OH is 1. The molecule has 0 bridgehead atoms. The monoisotopic (exact) mass is 285 g/mol. The van der Waals surface area contributed by atoms with Crippen molar-refractivity contribution >= 4 is 11.6 Å². The quantitative estimate of drug-likeness (QED) is 0.826. The van der Waals surface area contributed by atoms with E-state index >= 15 is 0 Å². The summed E-state index contributed by atoms with van der Waals surface area (Å²) in [5.41, 5.74) is 0.778. The molecule has 2 aromatic rings. The molecule has 0 unspecified atom stereocenters. The van der Waals surface area contributed by atoms with Gasteiger partial charge in [0.25, 0.3) is 12.2 Å². The first-order chi connectivity index (χ1) is 9.65. The van der Waals surface area contributed by atoms with Crippen molar-refractivity contribution in [1.29, 1.82) is 0 Å². The van der Waals surface area contributed by atoms with Gasteiger partial charge in [0.15, 0.2) is 0 Å². The molecule has 2 rings (SSSR count). The Bertz CT molecular complexity index is 560. The minimum Gasteiger partial charge on any atom is -0.395 e. The Labute approximate surface area is 115 Å². The van der Waals surface area contributed by atoms with Gasteiger partial charge in [0, 0.05) is 18.3 Å². The van der Waals surface area contributed by atoms with E-state index in [2.05, 4.69) is 15.1 Å². The zero-order valence-corrected chi connectivity index (χ0v) is 11.2. The van der Waals surface area contributed by atoms with Crippen molar-refractivity contribution < 1.29 is 13.9 Å². The first kappa shape index (κ1) is 14.6. The van der Waals surface area contributed by atoms with Gasteiger partial charge in [-0.15, -0.1) is 0 Å². The van der Waals surface area contributed by atoms with Gasteiger partial charge >= 0.3 is 0 Å². The average molecular weight is 285 g/mol. The molecule has 0 aliphatic heterocycles.